The van der Waals surface area contributed by atoms with E-state index < -0.39 is 0 Å². The number of hydrogen-bond acceptors (Lipinski definition) is 5. The molecule has 20 heavy (non-hydrogen) atoms. The van der Waals surface area contributed by atoms with Crippen LogP contribution in [0.4, 0.5) is 5.69 Å². The monoisotopic (exact) mass is 413 g/mol. The Hall–Kier alpha value is -1.25. The lowest BCUT2D eigenvalue weighted by Gasteiger charge is -2.06. The summed E-state index contributed by atoms with van der Waals surface area (Å²) in [5, 5.41) is 14.5. The van der Waals surface area contributed by atoms with Crippen LogP contribution in [0.1, 0.15) is 4.88 Å². The van der Waals surface area contributed by atoms with Gasteiger partial charge in [0.15, 0.2) is 0 Å². The predicted octanol–water partition coefficient (Wildman–Crippen LogP) is 3.86. The van der Waals surface area contributed by atoms with Gasteiger partial charge in [-0.05, 0) is 66.6 Å². The molecule has 2 heterocycles. The quantitative estimate of drug-likeness (QED) is 0.704. The zero-order valence-corrected chi connectivity index (χ0v) is 14.1. The van der Waals surface area contributed by atoms with Crippen LogP contribution in [0.3, 0.4) is 0 Å². The molecule has 0 amide bonds. The van der Waals surface area contributed by atoms with Gasteiger partial charge in [-0.1, -0.05) is 6.07 Å². The van der Waals surface area contributed by atoms with E-state index >= 15 is 0 Å². The van der Waals surface area contributed by atoms with Gasteiger partial charge in [0.1, 0.15) is 6.33 Å². The van der Waals surface area contributed by atoms with Crippen molar-refractivity contribution < 1.29 is 0 Å². The van der Waals surface area contributed by atoms with Crippen molar-refractivity contribution in [3.05, 3.63) is 49.8 Å². The van der Waals surface area contributed by atoms with Crippen LogP contribution in [-0.4, -0.2) is 20.2 Å². The lowest BCUT2D eigenvalue weighted by atomic mass is 10.2. The summed E-state index contributed by atoms with van der Waals surface area (Å²) in [7, 11) is 0. The molecule has 0 bridgehead atoms. The van der Waals surface area contributed by atoms with Crippen molar-refractivity contribution in [3.63, 3.8) is 0 Å². The predicted molar refractivity (Wildman–Crippen MR) is 86.2 cm³/mol. The lowest BCUT2D eigenvalue weighted by Crippen LogP contribution is -2.00. The molecule has 8 heteroatoms. The number of tetrazole rings is 1. The summed E-state index contributed by atoms with van der Waals surface area (Å²) in [5.41, 5.74) is 1.95. The first-order valence-corrected chi connectivity index (χ1v) is 8.13. The van der Waals surface area contributed by atoms with Gasteiger partial charge in [-0.25, -0.2) is 4.68 Å². The summed E-state index contributed by atoms with van der Waals surface area (Å²) < 4.78 is 3.82. The number of anilines is 1. The Labute approximate surface area is 136 Å². The highest BCUT2D eigenvalue weighted by Gasteiger charge is 2.04. The van der Waals surface area contributed by atoms with Crippen LogP contribution < -0.4 is 5.32 Å². The van der Waals surface area contributed by atoms with E-state index in [1.807, 2.05) is 24.3 Å². The van der Waals surface area contributed by atoms with Crippen molar-refractivity contribution in [2.75, 3.05) is 5.32 Å². The molecule has 3 aromatic rings. The fourth-order valence-electron chi connectivity index (χ4n) is 1.71. The number of rotatable bonds is 4. The van der Waals surface area contributed by atoms with Crippen molar-refractivity contribution in [2.45, 2.75) is 6.54 Å². The van der Waals surface area contributed by atoms with Crippen LogP contribution in [0, 0.1) is 0 Å². The number of nitrogens with one attached hydrogen (secondary N) is 1. The highest BCUT2D eigenvalue weighted by molar-refractivity contribution is 9.13. The fraction of sp³-hybridized carbons (Fsp3) is 0.0833. The number of halogens is 2. The van der Waals surface area contributed by atoms with Gasteiger partial charge in [0.05, 0.1) is 9.47 Å². The van der Waals surface area contributed by atoms with Crippen LogP contribution in [-0.2, 0) is 6.54 Å². The lowest BCUT2D eigenvalue weighted by molar-refractivity contribution is 0.789. The minimum atomic E-state index is 0.772. The van der Waals surface area contributed by atoms with Crippen LogP contribution in [0.5, 0.6) is 0 Å². The first kappa shape index (κ1) is 13.7. The van der Waals surface area contributed by atoms with Gasteiger partial charge in [-0.3, -0.25) is 0 Å². The van der Waals surface area contributed by atoms with E-state index in [1.165, 1.54) is 4.88 Å². The van der Waals surface area contributed by atoms with Crippen LogP contribution in [0.2, 0.25) is 0 Å². The third-order valence-electron chi connectivity index (χ3n) is 2.62. The van der Waals surface area contributed by atoms with Gasteiger partial charge in [0.25, 0.3) is 0 Å². The highest BCUT2D eigenvalue weighted by Crippen LogP contribution is 2.32. The minimum absolute atomic E-state index is 0.772. The summed E-state index contributed by atoms with van der Waals surface area (Å²) >= 11 is 8.69. The third kappa shape index (κ3) is 3.08. The van der Waals surface area contributed by atoms with E-state index in [9.17, 15) is 0 Å². The second-order valence-electron chi connectivity index (χ2n) is 3.99. The van der Waals surface area contributed by atoms with Gasteiger partial charge < -0.3 is 5.32 Å². The van der Waals surface area contributed by atoms with E-state index in [0.29, 0.717) is 0 Å². The minimum Gasteiger partial charge on any atom is -0.380 e. The Morgan fingerprint density at radius 1 is 1.25 bits per heavy atom. The van der Waals surface area contributed by atoms with Gasteiger partial charge in [0.2, 0.25) is 0 Å². The van der Waals surface area contributed by atoms with E-state index in [4.69, 9.17) is 0 Å². The number of benzene rings is 1. The zero-order valence-electron chi connectivity index (χ0n) is 10.1. The second kappa shape index (κ2) is 6.02. The van der Waals surface area contributed by atoms with Crippen molar-refractivity contribution in [3.8, 4) is 5.69 Å². The molecule has 2 aromatic heterocycles. The molecule has 3 rings (SSSR count). The molecule has 5 nitrogen and oxygen atoms in total. The van der Waals surface area contributed by atoms with Gasteiger partial charge in [0, 0.05) is 21.6 Å². The summed E-state index contributed by atoms with van der Waals surface area (Å²) in [6, 6.07) is 10.1. The highest BCUT2D eigenvalue weighted by atomic mass is 79.9. The molecule has 1 aromatic carbocycles. The first-order valence-electron chi connectivity index (χ1n) is 5.73. The first-order chi connectivity index (χ1) is 9.72. The fourth-order valence-corrected chi connectivity index (χ4v) is 3.82. The van der Waals surface area contributed by atoms with E-state index in [0.717, 1.165) is 26.2 Å². The number of aromatic nitrogens is 4. The van der Waals surface area contributed by atoms with E-state index in [-0.39, 0.29) is 0 Å². The molecule has 0 radical (unpaired) electrons. The maximum Gasteiger partial charge on any atom is 0.143 e. The zero-order chi connectivity index (χ0) is 13.9. The Morgan fingerprint density at radius 2 is 2.15 bits per heavy atom. The topological polar surface area (TPSA) is 55.6 Å². The molecule has 0 aliphatic carbocycles. The average Bonchev–Trinajstić information content (AvgIpc) is 3.08. The smallest absolute Gasteiger partial charge is 0.143 e. The van der Waals surface area contributed by atoms with Gasteiger partial charge in [-0.2, -0.15) is 0 Å². The molecule has 0 atom stereocenters. The largest absolute Gasteiger partial charge is 0.380 e. The maximum atomic E-state index is 3.88. The summed E-state index contributed by atoms with van der Waals surface area (Å²) in [6.45, 7) is 0.772. The molecular weight excluding hydrogens is 406 g/mol. The molecule has 0 spiro atoms. The molecule has 0 aliphatic rings. The Balaban J connectivity index is 1.73. The second-order valence-corrected chi connectivity index (χ2v) is 7.30. The molecule has 0 saturated carbocycles. The number of nitrogens with zero attached hydrogens (tertiary/aromatic N) is 4. The average molecular weight is 415 g/mol. The molecule has 102 valence electrons. The SMILES string of the molecule is Brc1cc(CNc2cccc(-n3cnnn3)c2)sc1Br. The van der Waals surface area contributed by atoms with Crippen LogP contribution in [0.25, 0.3) is 5.69 Å². The standard InChI is InChI=1S/C12H9Br2N5S/c13-11-5-10(20-12(11)14)6-15-8-2-1-3-9(4-8)19-7-16-17-18-19/h1-5,7,15H,6H2. The van der Waals surface area contributed by atoms with Crippen molar-refractivity contribution in [1.82, 2.24) is 20.2 Å². The molecule has 0 aliphatic heterocycles. The number of hydrogen-bond donors (Lipinski definition) is 1. The van der Waals surface area contributed by atoms with E-state index in [1.54, 1.807) is 22.3 Å². The van der Waals surface area contributed by atoms with Gasteiger partial charge in [-0.15, -0.1) is 16.4 Å². The molecular formula is C12H9Br2N5S. The summed E-state index contributed by atoms with van der Waals surface area (Å²) in [6.07, 6.45) is 1.58. The Morgan fingerprint density at radius 3 is 2.85 bits per heavy atom. The van der Waals surface area contributed by atoms with E-state index in [2.05, 4.69) is 58.8 Å². The molecule has 1 N–H and O–H groups in total. The molecule has 0 saturated heterocycles. The Kier molecular flexibility index (Phi) is 4.13. The van der Waals surface area contributed by atoms with Crippen molar-refractivity contribution >= 4 is 48.9 Å². The van der Waals surface area contributed by atoms with Crippen molar-refractivity contribution in [2.24, 2.45) is 0 Å². The summed E-state index contributed by atoms with van der Waals surface area (Å²) in [4.78, 5) is 1.25. The normalized spacial score (nSPS) is 10.7. The van der Waals surface area contributed by atoms with Crippen LogP contribution >= 0.6 is 43.2 Å². The number of thiophene rings is 1. The molecule has 0 unspecified atom stereocenters. The third-order valence-corrected chi connectivity index (χ3v) is 5.88. The Bertz CT molecular complexity index is 691. The maximum absolute atomic E-state index is 3.88. The van der Waals surface area contributed by atoms with Crippen LogP contribution in [0.15, 0.2) is 44.9 Å². The van der Waals surface area contributed by atoms with Gasteiger partial charge >= 0.3 is 0 Å². The molecule has 0 fully saturated rings. The van der Waals surface area contributed by atoms with Crippen molar-refractivity contribution in [1.29, 1.82) is 0 Å². The summed E-state index contributed by atoms with van der Waals surface area (Å²) in [5.74, 6) is 0.